The van der Waals surface area contributed by atoms with Crippen molar-refractivity contribution in [1.82, 2.24) is 0 Å². The van der Waals surface area contributed by atoms with Crippen molar-refractivity contribution in [3.63, 3.8) is 0 Å². The van der Waals surface area contributed by atoms with Gasteiger partial charge in [0.2, 0.25) is 6.08 Å². The maximum atomic E-state index is 10.0. The van der Waals surface area contributed by atoms with E-state index in [2.05, 4.69) is 15.0 Å². The number of carbonyl (C=O) groups excluding carboxylic acids is 1. The van der Waals surface area contributed by atoms with E-state index in [0.29, 0.717) is 11.4 Å². The van der Waals surface area contributed by atoms with Crippen LogP contribution in [0.2, 0.25) is 0 Å². The predicted molar refractivity (Wildman–Crippen MR) is 47.8 cm³/mol. The van der Waals surface area contributed by atoms with E-state index in [0.717, 1.165) is 5.56 Å². The zero-order valence-electron chi connectivity index (χ0n) is 6.93. The highest BCUT2D eigenvalue weighted by molar-refractivity contribution is 5.59. The number of azide groups is 1. The second-order valence-corrected chi connectivity index (χ2v) is 2.36. The van der Waals surface area contributed by atoms with E-state index in [1.165, 1.54) is 12.1 Å². The molecule has 0 aromatic heterocycles. The van der Waals surface area contributed by atoms with Gasteiger partial charge < -0.3 is 0 Å². The highest BCUT2D eigenvalue weighted by Gasteiger charge is 1.96. The Hall–Kier alpha value is -2.09. The average Bonchev–Trinajstić information content (AvgIpc) is 2.12. The lowest BCUT2D eigenvalue weighted by Crippen LogP contribution is -1.72. The Labute approximate surface area is 74.4 Å². The minimum absolute atomic E-state index is 0.433. The lowest BCUT2D eigenvalue weighted by Gasteiger charge is -1.97. The zero-order valence-corrected chi connectivity index (χ0v) is 6.93. The molecule has 0 unspecified atom stereocenters. The average molecular weight is 174 g/mol. The molecule has 0 heterocycles. The standard InChI is InChI=1S/C8H6N4O/c1-6-2-3-7(11-12-9)4-8(6)10-5-13/h2-4H,1H3. The molecule has 0 saturated heterocycles. The summed E-state index contributed by atoms with van der Waals surface area (Å²) in [5.74, 6) is 0. The summed E-state index contributed by atoms with van der Waals surface area (Å²) in [6, 6.07) is 4.90. The number of aryl methyl sites for hydroxylation is 1. The fraction of sp³-hybridized carbons (Fsp3) is 0.125. The summed E-state index contributed by atoms with van der Waals surface area (Å²) in [4.78, 5) is 16.1. The van der Waals surface area contributed by atoms with E-state index in [1.54, 1.807) is 19.1 Å². The minimum atomic E-state index is 0.433. The Morgan fingerprint density at radius 2 is 2.31 bits per heavy atom. The quantitative estimate of drug-likeness (QED) is 0.223. The number of nitrogens with zero attached hydrogens (tertiary/aromatic N) is 4. The molecule has 0 aliphatic rings. The van der Waals surface area contributed by atoms with Crippen LogP contribution in [0, 0.1) is 6.92 Å². The van der Waals surface area contributed by atoms with Crippen molar-refractivity contribution in [2.45, 2.75) is 6.92 Å². The lowest BCUT2D eigenvalue weighted by molar-refractivity contribution is 0.565. The molecule has 0 bridgehead atoms. The van der Waals surface area contributed by atoms with E-state index in [9.17, 15) is 4.79 Å². The maximum absolute atomic E-state index is 10.0. The third-order valence-electron chi connectivity index (χ3n) is 1.52. The minimum Gasteiger partial charge on any atom is -0.211 e. The van der Waals surface area contributed by atoms with Gasteiger partial charge in [-0.15, -0.1) is 0 Å². The molecule has 0 amide bonds. The first-order valence-corrected chi connectivity index (χ1v) is 3.51. The van der Waals surface area contributed by atoms with Gasteiger partial charge in [0.25, 0.3) is 0 Å². The molecule has 64 valence electrons. The Morgan fingerprint density at radius 3 is 2.92 bits per heavy atom. The molecule has 1 aromatic rings. The van der Waals surface area contributed by atoms with Crippen LogP contribution in [0.25, 0.3) is 10.4 Å². The van der Waals surface area contributed by atoms with Crippen LogP contribution in [0.3, 0.4) is 0 Å². The van der Waals surface area contributed by atoms with Crippen LogP contribution in [0.1, 0.15) is 5.56 Å². The summed E-state index contributed by atoms with van der Waals surface area (Å²) in [6.45, 7) is 1.80. The Balaban J connectivity index is 3.25. The number of aliphatic imine (C=N–C) groups is 1. The number of rotatable bonds is 2. The molecular formula is C8H6N4O. The van der Waals surface area contributed by atoms with Gasteiger partial charge in [-0.3, -0.25) is 0 Å². The first-order chi connectivity index (χ1) is 6.27. The summed E-state index contributed by atoms with van der Waals surface area (Å²) in [5.41, 5.74) is 9.90. The first-order valence-electron chi connectivity index (χ1n) is 3.51. The predicted octanol–water partition coefficient (Wildman–Crippen LogP) is 2.90. The van der Waals surface area contributed by atoms with Crippen molar-refractivity contribution in [3.05, 3.63) is 34.2 Å². The monoisotopic (exact) mass is 174 g/mol. The van der Waals surface area contributed by atoms with E-state index in [1.807, 2.05) is 0 Å². The second kappa shape index (κ2) is 4.07. The molecule has 13 heavy (non-hydrogen) atoms. The Bertz CT molecular complexity index is 414. The van der Waals surface area contributed by atoms with E-state index in [-0.39, 0.29) is 0 Å². The Kier molecular flexibility index (Phi) is 2.82. The summed E-state index contributed by atoms with van der Waals surface area (Å²) >= 11 is 0. The number of isocyanates is 1. The second-order valence-electron chi connectivity index (χ2n) is 2.36. The molecule has 0 saturated carbocycles. The van der Waals surface area contributed by atoms with Gasteiger partial charge in [0.1, 0.15) is 0 Å². The molecule has 0 spiro atoms. The molecule has 1 rings (SSSR count). The van der Waals surface area contributed by atoms with Crippen molar-refractivity contribution in [2.75, 3.05) is 0 Å². The Morgan fingerprint density at radius 1 is 1.54 bits per heavy atom. The highest BCUT2D eigenvalue weighted by Crippen LogP contribution is 2.24. The van der Waals surface area contributed by atoms with Crippen molar-refractivity contribution in [3.8, 4) is 0 Å². The molecule has 0 radical (unpaired) electrons. The number of hydrogen-bond donors (Lipinski definition) is 0. The maximum Gasteiger partial charge on any atom is 0.240 e. The van der Waals surface area contributed by atoms with Crippen LogP contribution in [-0.4, -0.2) is 6.08 Å². The molecular weight excluding hydrogens is 168 g/mol. The first kappa shape index (κ1) is 9.00. The fourth-order valence-corrected chi connectivity index (χ4v) is 0.881. The molecule has 0 aliphatic heterocycles. The SMILES string of the molecule is Cc1ccc(N=[N+]=[N-])cc1N=C=O. The van der Waals surface area contributed by atoms with Crippen LogP contribution < -0.4 is 0 Å². The summed E-state index contributed by atoms with van der Waals surface area (Å²) in [6.07, 6.45) is 1.43. The van der Waals surface area contributed by atoms with E-state index in [4.69, 9.17) is 5.53 Å². The van der Waals surface area contributed by atoms with E-state index >= 15 is 0 Å². The van der Waals surface area contributed by atoms with Crippen LogP contribution in [-0.2, 0) is 4.79 Å². The molecule has 5 heteroatoms. The van der Waals surface area contributed by atoms with Crippen LogP contribution in [0.4, 0.5) is 11.4 Å². The van der Waals surface area contributed by atoms with Gasteiger partial charge in [-0.1, -0.05) is 17.2 Å². The molecule has 0 N–H and O–H groups in total. The van der Waals surface area contributed by atoms with E-state index < -0.39 is 0 Å². The van der Waals surface area contributed by atoms with Gasteiger partial charge >= 0.3 is 0 Å². The van der Waals surface area contributed by atoms with Gasteiger partial charge in [0, 0.05) is 10.6 Å². The number of benzene rings is 1. The topological polar surface area (TPSA) is 78.2 Å². The summed E-state index contributed by atoms with van der Waals surface area (Å²) < 4.78 is 0. The van der Waals surface area contributed by atoms with Crippen molar-refractivity contribution >= 4 is 17.5 Å². The van der Waals surface area contributed by atoms with Crippen molar-refractivity contribution in [2.24, 2.45) is 10.1 Å². The zero-order chi connectivity index (χ0) is 9.68. The third-order valence-corrected chi connectivity index (χ3v) is 1.52. The van der Waals surface area contributed by atoms with Gasteiger partial charge in [-0.2, -0.15) is 4.99 Å². The van der Waals surface area contributed by atoms with Gasteiger partial charge in [-0.25, -0.2) is 4.79 Å². The van der Waals surface area contributed by atoms with Gasteiger partial charge in [0.15, 0.2) is 0 Å². The highest BCUT2D eigenvalue weighted by atomic mass is 16.1. The van der Waals surface area contributed by atoms with Crippen LogP contribution in [0.5, 0.6) is 0 Å². The lowest BCUT2D eigenvalue weighted by atomic mass is 10.2. The van der Waals surface area contributed by atoms with Gasteiger partial charge in [-0.05, 0) is 24.1 Å². The van der Waals surface area contributed by atoms with Crippen molar-refractivity contribution < 1.29 is 4.79 Å². The summed E-state index contributed by atoms with van der Waals surface area (Å²) in [7, 11) is 0. The van der Waals surface area contributed by atoms with Crippen LogP contribution in [0.15, 0.2) is 28.3 Å². The molecule has 1 aromatic carbocycles. The largest absolute Gasteiger partial charge is 0.240 e. The molecule has 0 fully saturated rings. The third kappa shape index (κ3) is 2.17. The summed E-state index contributed by atoms with van der Waals surface area (Å²) in [5, 5.41) is 3.38. The van der Waals surface area contributed by atoms with Crippen LogP contribution >= 0.6 is 0 Å². The normalized spacial score (nSPS) is 8.38. The molecule has 5 nitrogen and oxygen atoms in total. The number of hydrogen-bond acceptors (Lipinski definition) is 3. The fourth-order valence-electron chi connectivity index (χ4n) is 0.881. The molecule has 0 aliphatic carbocycles. The smallest absolute Gasteiger partial charge is 0.211 e. The van der Waals surface area contributed by atoms with Gasteiger partial charge in [0.05, 0.1) is 5.69 Å². The molecule has 0 atom stereocenters. The van der Waals surface area contributed by atoms with Crippen molar-refractivity contribution in [1.29, 1.82) is 0 Å².